The van der Waals surface area contributed by atoms with Gasteiger partial charge in [-0.3, -0.25) is 0 Å². The molecule has 0 spiro atoms. The van der Waals surface area contributed by atoms with E-state index in [-0.39, 0.29) is 0 Å². The molecule has 132 valence electrons. The molecule has 0 aliphatic carbocycles. The predicted molar refractivity (Wildman–Crippen MR) is 107 cm³/mol. The van der Waals surface area contributed by atoms with Crippen molar-refractivity contribution in [3.8, 4) is 5.75 Å². The third-order valence-electron chi connectivity index (χ3n) is 3.85. The number of hydrogen-bond donors (Lipinski definition) is 0. The van der Waals surface area contributed by atoms with Crippen molar-refractivity contribution in [2.24, 2.45) is 0 Å². The van der Waals surface area contributed by atoms with Crippen LogP contribution in [0.1, 0.15) is 10.4 Å². The number of thiophene rings is 1. The standard InChI is InChI=1S/C18H18BrNO3S2/c1-23-16-7-3-13(4-8-16)11-20(25(2,21)22)12-17-9-14-5-6-15(19)10-18(14)24-17/h3-10H,11-12H2,1-2H3. The van der Waals surface area contributed by atoms with Crippen LogP contribution in [0.2, 0.25) is 0 Å². The Morgan fingerprint density at radius 1 is 1.08 bits per heavy atom. The van der Waals surface area contributed by atoms with Gasteiger partial charge < -0.3 is 4.74 Å². The molecule has 0 aliphatic rings. The van der Waals surface area contributed by atoms with Crippen molar-refractivity contribution in [1.82, 2.24) is 4.31 Å². The van der Waals surface area contributed by atoms with Gasteiger partial charge in [-0.05, 0) is 41.3 Å². The molecule has 0 bridgehead atoms. The van der Waals surface area contributed by atoms with E-state index in [0.717, 1.165) is 30.7 Å². The van der Waals surface area contributed by atoms with Gasteiger partial charge in [-0.1, -0.05) is 34.1 Å². The molecule has 2 aromatic carbocycles. The van der Waals surface area contributed by atoms with Gasteiger partial charge in [-0.2, -0.15) is 4.31 Å². The minimum Gasteiger partial charge on any atom is -0.497 e. The van der Waals surface area contributed by atoms with E-state index in [4.69, 9.17) is 4.74 Å². The summed E-state index contributed by atoms with van der Waals surface area (Å²) in [6.45, 7) is 0.697. The van der Waals surface area contributed by atoms with Crippen LogP contribution in [0.25, 0.3) is 10.1 Å². The number of hydrogen-bond acceptors (Lipinski definition) is 4. The molecule has 0 atom stereocenters. The van der Waals surface area contributed by atoms with E-state index in [1.807, 2.05) is 36.4 Å². The Hall–Kier alpha value is -1.41. The normalized spacial score (nSPS) is 12.0. The lowest BCUT2D eigenvalue weighted by Crippen LogP contribution is -2.28. The molecular weight excluding hydrogens is 422 g/mol. The lowest BCUT2D eigenvalue weighted by molar-refractivity contribution is 0.405. The Morgan fingerprint density at radius 3 is 2.44 bits per heavy atom. The highest BCUT2D eigenvalue weighted by Gasteiger charge is 2.19. The van der Waals surface area contributed by atoms with Crippen molar-refractivity contribution in [1.29, 1.82) is 0 Å². The predicted octanol–water partition coefficient (Wildman–Crippen LogP) is 4.63. The molecule has 0 saturated heterocycles. The first-order chi connectivity index (χ1) is 11.8. The molecule has 0 aliphatic heterocycles. The number of halogens is 1. The smallest absolute Gasteiger partial charge is 0.211 e. The topological polar surface area (TPSA) is 46.6 Å². The molecule has 1 heterocycles. The molecule has 3 aromatic rings. The summed E-state index contributed by atoms with van der Waals surface area (Å²) < 4.78 is 33.3. The molecule has 1 aromatic heterocycles. The first-order valence-corrected chi connectivity index (χ1v) is 11.1. The average molecular weight is 440 g/mol. The summed E-state index contributed by atoms with van der Waals surface area (Å²) in [4.78, 5) is 1.02. The van der Waals surface area contributed by atoms with Crippen LogP contribution in [-0.2, 0) is 23.1 Å². The molecule has 25 heavy (non-hydrogen) atoms. The monoisotopic (exact) mass is 439 g/mol. The van der Waals surface area contributed by atoms with E-state index in [0.29, 0.717) is 13.1 Å². The Morgan fingerprint density at radius 2 is 1.80 bits per heavy atom. The minimum absolute atomic E-state index is 0.334. The van der Waals surface area contributed by atoms with Crippen LogP contribution >= 0.6 is 27.3 Å². The van der Waals surface area contributed by atoms with Crippen molar-refractivity contribution in [3.63, 3.8) is 0 Å². The lowest BCUT2D eigenvalue weighted by atomic mass is 10.2. The Labute approximate surface area is 160 Å². The summed E-state index contributed by atoms with van der Waals surface area (Å²) in [5.74, 6) is 0.754. The van der Waals surface area contributed by atoms with E-state index in [1.54, 1.807) is 18.4 Å². The Kier molecular flexibility index (Phi) is 5.48. The summed E-state index contributed by atoms with van der Waals surface area (Å²) in [6, 6.07) is 15.6. The van der Waals surface area contributed by atoms with Crippen LogP contribution in [0, 0.1) is 0 Å². The van der Waals surface area contributed by atoms with Crippen LogP contribution in [0.15, 0.2) is 53.0 Å². The molecule has 3 rings (SSSR count). The third-order valence-corrected chi connectivity index (χ3v) is 6.62. The summed E-state index contributed by atoms with van der Waals surface area (Å²) in [6.07, 6.45) is 1.25. The summed E-state index contributed by atoms with van der Waals surface area (Å²) in [5, 5.41) is 1.13. The van der Waals surface area contributed by atoms with Gasteiger partial charge in [0.15, 0.2) is 0 Å². The fourth-order valence-corrected chi connectivity index (χ4v) is 5.01. The second-order valence-electron chi connectivity index (χ2n) is 5.77. The van der Waals surface area contributed by atoms with Crippen molar-refractivity contribution in [2.45, 2.75) is 13.1 Å². The zero-order chi connectivity index (χ0) is 18.0. The van der Waals surface area contributed by atoms with Gasteiger partial charge in [0.1, 0.15) is 5.75 Å². The van der Waals surface area contributed by atoms with Crippen LogP contribution in [-0.4, -0.2) is 26.1 Å². The first-order valence-electron chi connectivity index (χ1n) is 7.61. The number of methoxy groups -OCH3 is 1. The van der Waals surface area contributed by atoms with Gasteiger partial charge in [-0.25, -0.2) is 8.42 Å². The molecule has 0 fully saturated rings. The van der Waals surface area contributed by atoms with E-state index in [1.165, 1.54) is 10.6 Å². The maximum atomic E-state index is 12.2. The van der Waals surface area contributed by atoms with E-state index in [2.05, 4.69) is 28.1 Å². The molecule has 4 nitrogen and oxygen atoms in total. The summed E-state index contributed by atoms with van der Waals surface area (Å²) in [5.41, 5.74) is 0.926. The number of ether oxygens (including phenoxy) is 1. The van der Waals surface area contributed by atoms with E-state index < -0.39 is 10.0 Å². The Balaban J connectivity index is 1.84. The number of sulfonamides is 1. The first kappa shape index (κ1) is 18.4. The fraction of sp³-hybridized carbons (Fsp3) is 0.222. The number of benzene rings is 2. The van der Waals surface area contributed by atoms with Crippen molar-refractivity contribution in [2.75, 3.05) is 13.4 Å². The highest BCUT2D eigenvalue weighted by molar-refractivity contribution is 9.10. The van der Waals surface area contributed by atoms with Crippen LogP contribution in [0.5, 0.6) is 5.75 Å². The molecule has 0 unspecified atom stereocenters. The summed E-state index contributed by atoms with van der Waals surface area (Å²) in [7, 11) is -1.71. The van der Waals surface area contributed by atoms with E-state index in [9.17, 15) is 8.42 Å². The average Bonchev–Trinajstić information content (AvgIpc) is 2.95. The van der Waals surface area contributed by atoms with Crippen molar-refractivity contribution < 1.29 is 13.2 Å². The van der Waals surface area contributed by atoms with Gasteiger partial charge in [0, 0.05) is 27.1 Å². The van der Waals surface area contributed by atoms with Crippen LogP contribution in [0.4, 0.5) is 0 Å². The molecule has 0 N–H and O–H groups in total. The van der Waals surface area contributed by atoms with Gasteiger partial charge in [0.05, 0.1) is 13.4 Å². The van der Waals surface area contributed by atoms with Crippen LogP contribution < -0.4 is 4.74 Å². The largest absolute Gasteiger partial charge is 0.497 e. The van der Waals surface area contributed by atoms with Crippen molar-refractivity contribution in [3.05, 3.63) is 63.4 Å². The van der Waals surface area contributed by atoms with Crippen molar-refractivity contribution >= 4 is 47.4 Å². The quantitative estimate of drug-likeness (QED) is 0.562. The van der Waals surface area contributed by atoms with E-state index >= 15 is 0 Å². The SMILES string of the molecule is COc1ccc(CN(Cc2cc3ccc(Br)cc3s2)S(C)(=O)=O)cc1. The zero-order valence-corrected chi connectivity index (χ0v) is 17.1. The summed E-state index contributed by atoms with van der Waals surface area (Å²) >= 11 is 5.09. The molecule has 0 amide bonds. The molecule has 0 saturated carbocycles. The van der Waals surface area contributed by atoms with Gasteiger partial charge in [-0.15, -0.1) is 11.3 Å². The highest BCUT2D eigenvalue weighted by atomic mass is 79.9. The van der Waals surface area contributed by atoms with Crippen LogP contribution in [0.3, 0.4) is 0 Å². The van der Waals surface area contributed by atoms with Gasteiger partial charge in [0.2, 0.25) is 10.0 Å². The maximum Gasteiger partial charge on any atom is 0.211 e. The highest BCUT2D eigenvalue weighted by Crippen LogP contribution is 2.30. The number of rotatable bonds is 6. The van der Waals surface area contributed by atoms with Gasteiger partial charge in [0.25, 0.3) is 0 Å². The second-order valence-corrected chi connectivity index (χ2v) is 9.84. The third kappa shape index (κ3) is 4.61. The zero-order valence-electron chi connectivity index (χ0n) is 13.9. The Bertz CT molecular complexity index is 981. The molecule has 7 heteroatoms. The van der Waals surface area contributed by atoms with Gasteiger partial charge >= 0.3 is 0 Å². The maximum absolute atomic E-state index is 12.2. The molecule has 0 radical (unpaired) electrons. The minimum atomic E-state index is -3.32. The molecular formula is C18H18BrNO3S2. The lowest BCUT2D eigenvalue weighted by Gasteiger charge is -2.19. The number of fused-ring (bicyclic) bond motifs is 1. The fourth-order valence-electron chi connectivity index (χ4n) is 2.54. The number of nitrogens with zero attached hydrogens (tertiary/aromatic N) is 1. The second kappa shape index (κ2) is 7.45.